The van der Waals surface area contributed by atoms with E-state index >= 15 is 0 Å². The minimum absolute atomic E-state index is 0.0816. The molecule has 0 radical (unpaired) electrons. The van der Waals surface area contributed by atoms with Gasteiger partial charge >= 0.3 is 0 Å². The van der Waals surface area contributed by atoms with E-state index in [0.29, 0.717) is 28.2 Å². The Balaban J connectivity index is 1.60. The van der Waals surface area contributed by atoms with E-state index in [1.165, 1.54) is 18.2 Å². The number of thiophene rings is 1. The Bertz CT molecular complexity index is 685. The molecule has 0 aromatic carbocycles. The van der Waals surface area contributed by atoms with Crippen LogP contribution in [0.2, 0.25) is 0 Å². The fourth-order valence-corrected chi connectivity index (χ4v) is 5.33. The van der Waals surface area contributed by atoms with Crippen molar-refractivity contribution in [2.24, 2.45) is 0 Å². The Labute approximate surface area is 162 Å². The summed E-state index contributed by atoms with van der Waals surface area (Å²) < 4.78 is 0.547. The Hall–Kier alpha value is -1.18. The number of thiocarbonyl (C=S) groups is 1. The minimum atomic E-state index is -0.0816. The summed E-state index contributed by atoms with van der Waals surface area (Å²) in [7, 11) is 0. The molecule has 3 rings (SSSR count). The molecule has 2 saturated heterocycles. The maximum Gasteiger partial charge on any atom is 0.266 e. The van der Waals surface area contributed by atoms with Crippen LogP contribution in [0.15, 0.2) is 22.4 Å². The molecule has 7 heteroatoms. The number of hydrogen-bond donors (Lipinski definition) is 0. The lowest BCUT2D eigenvalue weighted by atomic mass is 9.99. The summed E-state index contributed by atoms with van der Waals surface area (Å²) in [6.45, 7) is 3.35. The Kier molecular flexibility index (Phi) is 6.30. The molecule has 2 aliphatic rings. The van der Waals surface area contributed by atoms with Crippen molar-refractivity contribution in [1.29, 1.82) is 0 Å². The number of likely N-dealkylation sites (tertiary alicyclic amines) is 1. The molecule has 2 fully saturated rings. The van der Waals surface area contributed by atoms with Gasteiger partial charge in [0, 0.05) is 30.4 Å². The van der Waals surface area contributed by atoms with Gasteiger partial charge < -0.3 is 4.90 Å². The molecule has 2 amide bonds. The van der Waals surface area contributed by atoms with Gasteiger partial charge in [-0.25, -0.2) is 0 Å². The van der Waals surface area contributed by atoms with Crippen LogP contribution in [0.4, 0.5) is 0 Å². The van der Waals surface area contributed by atoms with Gasteiger partial charge in [-0.05, 0) is 43.2 Å². The van der Waals surface area contributed by atoms with E-state index < -0.39 is 0 Å². The molecule has 2 aliphatic heterocycles. The first-order valence-corrected chi connectivity index (χ1v) is 10.8. The second-order valence-corrected chi connectivity index (χ2v) is 8.90. The lowest BCUT2D eigenvalue weighted by Gasteiger charge is -2.35. The summed E-state index contributed by atoms with van der Waals surface area (Å²) >= 11 is 8.26. The Morgan fingerprint density at radius 1 is 1.44 bits per heavy atom. The average molecular weight is 395 g/mol. The number of thioether (sulfide) groups is 1. The molecule has 1 unspecified atom stereocenters. The van der Waals surface area contributed by atoms with Gasteiger partial charge in [-0.1, -0.05) is 37.0 Å². The van der Waals surface area contributed by atoms with Crippen molar-refractivity contribution in [3.8, 4) is 0 Å². The highest BCUT2D eigenvalue weighted by atomic mass is 32.2. The normalized spacial score (nSPS) is 22.9. The van der Waals surface area contributed by atoms with Gasteiger partial charge in [0.15, 0.2) is 0 Å². The first kappa shape index (κ1) is 18.6. The summed E-state index contributed by atoms with van der Waals surface area (Å²) in [5, 5.41) is 1.98. The molecule has 1 atom stereocenters. The van der Waals surface area contributed by atoms with Gasteiger partial charge in [-0.2, -0.15) is 0 Å². The van der Waals surface area contributed by atoms with Crippen molar-refractivity contribution in [1.82, 2.24) is 9.80 Å². The van der Waals surface area contributed by atoms with Crippen LogP contribution in [0.3, 0.4) is 0 Å². The molecule has 0 spiro atoms. The molecule has 0 aliphatic carbocycles. The largest absolute Gasteiger partial charge is 0.340 e. The minimum Gasteiger partial charge on any atom is -0.340 e. The lowest BCUT2D eigenvalue weighted by molar-refractivity contribution is -0.135. The van der Waals surface area contributed by atoms with Gasteiger partial charge in [-0.3, -0.25) is 14.5 Å². The van der Waals surface area contributed by atoms with Crippen molar-refractivity contribution in [3.05, 3.63) is 27.3 Å². The molecular weight excluding hydrogens is 372 g/mol. The van der Waals surface area contributed by atoms with E-state index in [0.717, 1.165) is 30.7 Å². The maximum atomic E-state index is 12.6. The second-order valence-electron chi connectivity index (χ2n) is 6.24. The van der Waals surface area contributed by atoms with E-state index in [9.17, 15) is 9.59 Å². The van der Waals surface area contributed by atoms with Crippen LogP contribution in [0.25, 0.3) is 6.08 Å². The van der Waals surface area contributed by atoms with Crippen LogP contribution in [0, 0.1) is 0 Å². The highest BCUT2D eigenvalue weighted by molar-refractivity contribution is 8.26. The van der Waals surface area contributed by atoms with E-state index in [2.05, 4.69) is 6.92 Å². The molecule has 134 valence electrons. The average Bonchev–Trinajstić information content (AvgIpc) is 3.22. The van der Waals surface area contributed by atoms with Crippen LogP contribution in [-0.2, 0) is 9.59 Å². The molecule has 3 heterocycles. The molecule has 4 nitrogen and oxygen atoms in total. The number of carbonyl (C=O) groups is 2. The second kappa shape index (κ2) is 8.47. The number of hydrogen-bond acceptors (Lipinski definition) is 5. The zero-order valence-corrected chi connectivity index (χ0v) is 16.7. The molecule has 0 saturated carbocycles. The lowest BCUT2D eigenvalue weighted by Crippen LogP contribution is -2.44. The monoisotopic (exact) mass is 394 g/mol. The SMILES string of the molecule is CCC1CCCCN1C(=O)CCN1C(=O)C(=Cc2cccs2)SC1=S. The van der Waals surface area contributed by atoms with Crippen LogP contribution in [0.5, 0.6) is 0 Å². The van der Waals surface area contributed by atoms with E-state index in [-0.39, 0.29) is 11.8 Å². The summed E-state index contributed by atoms with van der Waals surface area (Å²) in [5.41, 5.74) is 0. The van der Waals surface area contributed by atoms with Gasteiger partial charge in [0.25, 0.3) is 5.91 Å². The number of nitrogens with zero attached hydrogens (tertiary/aromatic N) is 2. The van der Waals surface area contributed by atoms with E-state index in [1.807, 2.05) is 28.5 Å². The molecule has 1 aromatic heterocycles. The van der Waals surface area contributed by atoms with Crippen LogP contribution >= 0.6 is 35.3 Å². The topological polar surface area (TPSA) is 40.6 Å². The number of amides is 2. The standard InChI is InChI=1S/C18H22N2O2S3/c1-2-13-6-3-4-9-19(13)16(21)8-10-20-17(22)15(25-18(20)23)12-14-7-5-11-24-14/h5,7,11-13H,2-4,6,8-10H2,1H3. The first-order valence-electron chi connectivity index (χ1n) is 8.68. The Morgan fingerprint density at radius 2 is 2.28 bits per heavy atom. The fraction of sp³-hybridized carbons (Fsp3) is 0.500. The van der Waals surface area contributed by atoms with Crippen molar-refractivity contribution in [2.75, 3.05) is 13.1 Å². The van der Waals surface area contributed by atoms with Crippen LogP contribution < -0.4 is 0 Å². The molecular formula is C18H22N2O2S3. The zero-order valence-electron chi connectivity index (χ0n) is 14.3. The highest BCUT2D eigenvalue weighted by Crippen LogP contribution is 2.33. The maximum absolute atomic E-state index is 12.6. The van der Waals surface area contributed by atoms with Crippen molar-refractivity contribution in [3.63, 3.8) is 0 Å². The van der Waals surface area contributed by atoms with Crippen molar-refractivity contribution < 1.29 is 9.59 Å². The van der Waals surface area contributed by atoms with E-state index in [4.69, 9.17) is 12.2 Å². The third kappa shape index (κ3) is 4.33. The third-order valence-electron chi connectivity index (χ3n) is 4.66. The summed E-state index contributed by atoms with van der Waals surface area (Å²) in [6.07, 6.45) is 6.58. The smallest absolute Gasteiger partial charge is 0.266 e. The Morgan fingerprint density at radius 3 is 3.00 bits per heavy atom. The van der Waals surface area contributed by atoms with E-state index in [1.54, 1.807) is 16.2 Å². The molecule has 0 N–H and O–H groups in total. The zero-order chi connectivity index (χ0) is 17.8. The summed E-state index contributed by atoms with van der Waals surface area (Å²) in [5.74, 6) is 0.0599. The van der Waals surface area contributed by atoms with Gasteiger partial charge in [-0.15, -0.1) is 11.3 Å². The highest BCUT2D eigenvalue weighted by Gasteiger charge is 2.33. The van der Waals surface area contributed by atoms with Crippen LogP contribution in [-0.4, -0.2) is 45.1 Å². The van der Waals surface area contributed by atoms with Gasteiger partial charge in [0.1, 0.15) is 4.32 Å². The van der Waals surface area contributed by atoms with Gasteiger partial charge in [0.05, 0.1) is 4.91 Å². The molecule has 1 aromatic rings. The summed E-state index contributed by atoms with van der Waals surface area (Å²) in [6, 6.07) is 4.28. The predicted octanol–water partition coefficient (Wildman–Crippen LogP) is 4.13. The van der Waals surface area contributed by atoms with Crippen molar-refractivity contribution >= 4 is 57.5 Å². The molecule has 25 heavy (non-hydrogen) atoms. The fourth-order valence-electron chi connectivity index (χ4n) is 3.30. The quantitative estimate of drug-likeness (QED) is 0.556. The van der Waals surface area contributed by atoms with Crippen molar-refractivity contribution in [2.45, 2.75) is 45.1 Å². The summed E-state index contributed by atoms with van der Waals surface area (Å²) in [4.78, 5) is 30.4. The first-order chi connectivity index (χ1) is 12.1. The third-order valence-corrected chi connectivity index (χ3v) is 6.86. The molecule has 0 bridgehead atoms. The van der Waals surface area contributed by atoms with Crippen LogP contribution in [0.1, 0.15) is 43.9 Å². The number of rotatable bonds is 5. The van der Waals surface area contributed by atoms with Gasteiger partial charge in [0.2, 0.25) is 5.91 Å². The number of piperidine rings is 1. The predicted molar refractivity (Wildman–Crippen MR) is 108 cm³/mol. The number of carbonyl (C=O) groups excluding carboxylic acids is 2.